The molecule has 1 aliphatic heterocycles. The molecule has 1 atom stereocenters. The van der Waals surface area contributed by atoms with E-state index in [2.05, 4.69) is 52.5 Å². The number of nitrogens with zero attached hydrogens (tertiary/aromatic N) is 2. The Bertz CT molecular complexity index is 1040. The predicted molar refractivity (Wildman–Crippen MR) is 140 cm³/mol. The summed E-state index contributed by atoms with van der Waals surface area (Å²) in [4.78, 5) is 7.05. The van der Waals surface area contributed by atoms with Crippen molar-refractivity contribution >= 4 is 29.4 Å². The third-order valence-corrected chi connectivity index (χ3v) is 6.85. The molecule has 1 aliphatic rings. The first-order chi connectivity index (χ1) is 15.3. The van der Waals surface area contributed by atoms with Gasteiger partial charge in [-0.1, -0.05) is 70.8 Å². The van der Waals surface area contributed by atoms with E-state index >= 15 is 0 Å². The van der Waals surface area contributed by atoms with Gasteiger partial charge in [-0.25, -0.2) is 0 Å². The van der Waals surface area contributed by atoms with Crippen LogP contribution in [-0.4, -0.2) is 40.5 Å². The summed E-state index contributed by atoms with van der Waals surface area (Å²) in [6, 6.07) is 7.75. The molecule has 2 N–H and O–H groups in total. The number of aliphatic imine (C=N–C) groups is 1. The zero-order valence-electron chi connectivity index (χ0n) is 20.5. The lowest BCUT2D eigenvalue weighted by Crippen LogP contribution is -2.31. The number of hydrogen-bond acceptors (Lipinski definition) is 4. The van der Waals surface area contributed by atoms with Crippen LogP contribution in [0.15, 0.2) is 29.3 Å². The van der Waals surface area contributed by atoms with Crippen molar-refractivity contribution in [1.82, 2.24) is 4.90 Å². The van der Waals surface area contributed by atoms with Gasteiger partial charge < -0.3 is 10.2 Å². The molecule has 4 nitrogen and oxygen atoms in total. The number of aromatic hydroxyl groups is 2. The Labute approximate surface area is 208 Å². The van der Waals surface area contributed by atoms with E-state index in [0.29, 0.717) is 23.9 Å². The number of phenols is 2. The van der Waals surface area contributed by atoms with Gasteiger partial charge in [-0.05, 0) is 54.0 Å². The largest absolute Gasteiger partial charge is 0.507 e. The molecule has 1 heterocycles. The zero-order valence-corrected chi connectivity index (χ0v) is 22.1. The van der Waals surface area contributed by atoms with E-state index in [1.807, 2.05) is 12.3 Å². The molecular weight excluding hydrogens is 455 g/mol. The minimum absolute atomic E-state index is 0.0290. The number of hydrogen-bond donors (Lipinski definition) is 2. The second kappa shape index (κ2) is 9.85. The molecule has 2 aromatic rings. The summed E-state index contributed by atoms with van der Waals surface area (Å²) in [6.07, 6.45) is 3.92. The maximum atomic E-state index is 11.0. The third kappa shape index (κ3) is 6.23. The van der Waals surface area contributed by atoms with Gasteiger partial charge in [-0.15, -0.1) is 0 Å². The van der Waals surface area contributed by atoms with Crippen molar-refractivity contribution in [2.45, 2.75) is 77.8 Å². The first kappa shape index (κ1) is 25.9. The summed E-state index contributed by atoms with van der Waals surface area (Å²) >= 11 is 12.2. The Balaban J connectivity index is 1.80. The molecule has 180 valence electrons. The lowest BCUT2D eigenvalue weighted by atomic mass is 9.79. The third-order valence-electron chi connectivity index (χ3n) is 6.34. The van der Waals surface area contributed by atoms with Gasteiger partial charge in [-0.2, -0.15) is 0 Å². The molecule has 0 amide bonds. The molecular formula is C27H36Cl2N2O2. The van der Waals surface area contributed by atoms with E-state index in [-0.39, 0.29) is 27.6 Å². The minimum Gasteiger partial charge on any atom is -0.507 e. The van der Waals surface area contributed by atoms with Crippen LogP contribution >= 0.6 is 23.2 Å². The highest BCUT2D eigenvalue weighted by Crippen LogP contribution is 2.37. The van der Waals surface area contributed by atoms with E-state index in [0.717, 1.165) is 36.1 Å². The highest BCUT2D eigenvalue weighted by atomic mass is 35.5. The maximum absolute atomic E-state index is 11.0. The Hall–Kier alpha value is -1.75. The molecule has 33 heavy (non-hydrogen) atoms. The van der Waals surface area contributed by atoms with Crippen LogP contribution in [0.5, 0.6) is 11.5 Å². The second-order valence-electron chi connectivity index (χ2n) is 11.1. The van der Waals surface area contributed by atoms with Crippen molar-refractivity contribution in [2.24, 2.45) is 4.99 Å². The van der Waals surface area contributed by atoms with Gasteiger partial charge in [0, 0.05) is 40.5 Å². The van der Waals surface area contributed by atoms with Crippen molar-refractivity contribution in [1.29, 1.82) is 0 Å². The average Bonchev–Trinajstić information content (AvgIpc) is 3.12. The molecule has 0 aromatic heterocycles. The number of halogens is 2. The zero-order chi connectivity index (χ0) is 24.6. The van der Waals surface area contributed by atoms with Crippen molar-refractivity contribution in [3.8, 4) is 11.5 Å². The maximum Gasteiger partial charge on any atom is 0.138 e. The van der Waals surface area contributed by atoms with Gasteiger partial charge in [0.1, 0.15) is 11.5 Å². The van der Waals surface area contributed by atoms with Crippen LogP contribution in [0.25, 0.3) is 0 Å². The van der Waals surface area contributed by atoms with Crippen LogP contribution in [0.1, 0.15) is 76.6 Å². The number of phenolic OH excluding ortho intramolecular Hbond substituents is 2. The highest BCUT2D eigenvalue weighted by molar-refractivity contribution is 6.35. The van der Waals surface area contributed by atoms with E-state index in [9.17, 15) is 10.2 Å². The fraction of sp³-hybridized carbons (Fsp3) is 0.519. The van der Waals surface area contributed by atoms with Gasteiger partial charge >= 0.3 is 0 Å². The van der Waals surface area contributed by atoms with Gasteiger partial charge in [0.05, 0.1) is 11.6 Å². The van der Waals surface area contributed by atoms with Crippen LogP contribution in [0.3, 0.4) is 0 Å². The molecule has 0 aliphatic carbocycles. The molecule has 1 fully saturated rings. The molecule has 2 aromatic carbocycles. The van der Waals surface area contributed by atoms with Gasteiger partial charge in [-0.3, -0.25) is 9.89 Å². The molecule has 0 spiro atoms. The Morgan fingerprint density at radius 2 is 1.70 bits per heavy atom. The molecule has 0 bridgehead atoms. The quantitative estimate of drug-likeness (QED) is 0.440. The first-order valence-electron chi connectivity index (χ1n) is 11.6. The number of likely N-dealkylation sites (tertiary alicyclic amines) is 1. The monoisotopic (exact) mass is 490 g/mol. The summed E-state index contributed by atoms with van der Waals surface area (Å²) in [6.45, 7) is 15.0. The molecule has 3 rings (SSSR count). The van der Waals surface area contributed by atoms with Gasteiger partial charge in [0.2, 0.25) is 0 Å². The fourth-order valence-corrected chi connectivity index (χ4v) is 4.84. The van der Waals surface area contributed by atoms with Crippen molar-refractivity contribution in [3.05, 3.63) is 56.6 Å². The standard InChI is InChI=1S/C27H36Cl2N2O2/c1-26(2,3)19-10-17(24(32)22(12-19)27(4,5)6)14-30-15-21-8-7-9-31(21)16-18-11-20(28)13-23(29)25(18)33/h10-14,21,32-33H,7-9,15-16H2,1-6H3. The molecule has 0 saturated carbocycles. The first-order valence-corrected chi connectivity index (χ1v) is 12.3. The summed E-state index contributed by atoms with van der Waals surface area (Å²) in [7, 11) is 0. The summed E-state index contributed by atoms with van der Waals surface area (Å²) in [5, 5.41) is 22.1. The van der Waals surface area contributed by atoms with E-state index < -0.39 is 0 Å². The predicted octanol–water partition coefficient (Wildman–Crippen LogP) is 7.08. The second-order valence-corrected chi connectivity index (χ2v) is 12.0. The normalized spacial score (nSPS) is 17.9. The lowest BCUT2D eigenvalue weighted by Gasteiger charge is -2.27. The van der Waals surface area contributed by atoms with Gasteiger partial charge in [0.25, 0.3) is 0 Å². The van der Waals surface area contributed by atoms with Crippen molar-refractivity contribution in [2.75, 3.05) is 13.1 Å². The highest BCUT2D eigenvalue weighted by Gasteiger charge is 2.26. The van der Waals surface area contributed by atoms with Crippen LogP contribution in [0.2, 0.25) is 10.0 Å². The topological polar surface area (TPSA) is 56.1 Å². The fourth-order valence-electron chi connectivity index (χ4n) is 4.30. The summed E-state index contributed by atoms with van der Waals surface area (Å²) in [5.74, 6) is 0.398. The lowest BCUT2D eigenvalue weighted by molar-refractivity contribution is 0.247. The van der Waals surface area contributed by atoms with E-state index in [1.165, 1.54) is 5.56 Å². The minimum atomic E-state index is -0.170. The Morgan fingerprint density at radius 1 is 1.00 bits per heavy atom. The Morgan fingerprint density at radius 3 is 2.33 bits per heavy atom. The van der Waals surface area contributed by atoms with Crippen LogP contribution < -0.4 is 0 Å². The molecule has 6 heteroatoms. The Kier molecular flexibility index (Phi) is 7.72. The molecule has 1 saturated heterocycles. The van der Waals surface area contributed by atoms with E-state index in [4.69, 9.17) is 28.2 Å². The smallest absolute Gasteiger partial charge is 0.138 e. The molecule has 0 radical (unpaired) electrons. The molecule has 1 unspecified atom stereocenters. The van der Waals surface area contributed by atoms with Crippen molar-refractivity contribution < 1.29 is 10.2 Å². The van der Waals surface area contributed by atoms with Gasteiger partial charge in [0.15, 0.2) is 0 Å². The summed E-state index contributed by atoms with van der Waals surface area (Å²) in [5.41, 5.74) is 3.41. The number of rotatable bonds is 5. The average molecular weight is 492 g/mol. The van der Waals surface area contributed by atoms with E-state index in [1.54, 1.807) is 12.1 Å². The summed E-state index contributed by atoms with van der Waals surface area (Å²) < 4.78 is 0. The van der Waals surface area contributed by atoms with Crippen LogP contribution in [0.4, 0.5) is 0 Å². The van der Waals surface area contributed by atoms with Crippen LogP contribution in [-0.2, 0) is 17.4 Å². The van der Waals surface area contributed by atoms with Crippen LogP contribution in [0, 0.1) is 0 Å². The SMILES string of the molecule is CC(C)(C)c1cc(C=NCC2CCCN2Cc2cc(Cl)cc(Cl)c2O)c(O)c(C(C)(C)C)c1. The number of benzene rings is 2. The van der Waals surface area contributed by atoms with Crippen molar-refractivity contribution in [3.63, 3.8) is 0 Å².